The van der Waals surface area contributed by atoms with Crippen molar-refractivity contribution in [1.29, 1.82) is 0 Å². The number of fused-ring (bicyclic) bond motifs is 1. The van der Waals surface area contributed by atoms with Crippen LogP contribution >= 0.6 is 11.6 Å². The zero-order valence-electron chi connectivity index (χ0n) is 16.0. The highest BCUT2D eigenvalue weighted by Crippen LogP contribution is 2.34. The Morgan fingerprint density at radius 3 is 2.52 bits per heavy atom. The Labute approximate surface area is 172 Å². The average Bonchev–Trinajstić information content (AvgIpc) is 3.03. The van der Waals surface area contributed by atoms with E-state index in [1.807, 2.05) is 18.2 Å². The normalized spacial score (nSPS) is 11.3. The molecule has 0 aliphatic rings. The number of benzene rings is 2. The number of nitrogens with two attached hydrogens (primary N) is 1. The third-order valence-electron chi connectivity index (χ3n) is 4.44. The molecule has 0 aliphatic carbocycles. The lowest BCUT2D eigenvalue weighted by atomic mass is 10.1. The van der Waals surface area contributed by atoms with E-state index in [2.05, 4.69) is 34.2 Å². The Bertz CT molecular complexity index is 1170. The lowest BCUT2D eigenvalue weighted by Crippen LogP contribution is -2.11. The highest BCUT2D eigenvalue weighted by molar-refractivity contribution is 6.32. The van der Waals surface area contributed by atoms with Gasteiger partial charge in [-0.1, -0.05) is 37.6 Å². The molecule has 6 nitrogen and oxygen atoms in total. The highest BCUT2D eigenvalue weighted by atomic mass is 35.5. The van der Waals surface area contributed by atoms with Crippen LogP contribution in [-0.2, 0) is 0 Å². The van der Waals surface area contributed by atoms with Crippen molar-refractivity contribution in [3.05, 3.63) is 59.4 Å². The number of nitrogens with zero attached hydrogens (tertiary/aromatic N) is 4. The largest absolute Gasteiger partial charge is 0.383 e. The molecule has 8 heteroatoms. The van der Waals surface area contributed by atoms with Crippen molar-refractivity contribution in [2.45, 2.75) is 13.8 Å². The summed E-state index contributed by atoms with van der Waals surface area (Å²) in [5.74, 6) is 0.892. The Balaban J connectivity index is 1.95. The predicted molar refractivity (Wildman–Crippen MR) is 115 cm³/mol. The number of hydrogen-bond donors (Lipinski definition) is 2. The fourth-order valence-corrected chi connectivity index (χ4v) is 3.23. The second-order valence-electron chi connectivity index (χ2n) is 7.12. The molecule has 2 heterocycles. The molecule has 0 spiro atoms. The SMILES string of the molecule is CC(C)CNc1nc(-c2ccc(F)cc2)c2c(N)n(-c3ccccc3Cl)nc2n1. The number of rotatable bonds is 5. The molecule has 0 aliphatic heterocycles. The van der Waals surface area contributed by atoms with Gasteiger partial charge in [0.15, 0.2) is 5.65 Å². The van der Waals surface area contributed by atoms with Crippen LogP contribution in [0.5, 0.6) is 0 Å². The van der Waals surface area contributed by atoms with E-state index in [4.69, 9.17) is 17.3 Å². The fourth-order valence-electron chi connectivity index (χ4n) is 3.01. The van der Waals surface area contributed by atoms with Gasteiger partial charge in [0.25, 0.3) is 0 Å². The first-order valence-corrected chi connectivity index (χ1v) is 9.63. The summed E-state index contributed by atoms with van der Waals surface area (Å²) in [4.78, 5) is 9.19. The van der Waals surface area contributed by atoms with Crippen LogP contribution in [0.4, 0.5) is 16.2 Å². The van der Waals surface area contributed by atoms with Crippen molar-refractivity contribution in [2.75, 3.05) is 17.6 Å². The maximum absolute atomic E-state index is 13.5. The van der Waals surface area contributed by atoms with E-state index in [9.17, 15) is 4.39 Å². The number of nitrogens with one attached hydrogen (secondary N) is 1. The molecule has 0 fully saturated rings. The van der Waals surface area contributed by atoms with Gasteiger partial charge in [-0.15, -0.1) is 5.10 Å². The van der Waals surface area contributed by atoms with Crippen molar-refractivity contribution >= 4 is 34.4 Å². The molecule has 0 atom stereocenters. The van der Waals surface area contributed by atoms with Gasteiger partial charge in [0.2, 0.25) is 5.95 Å². The van der Waals surface area contributed by atoms with E-state index in [-0.39, 0.29) is 5.82 Å². The predicted octanol–water partition coefficient (Wildman–Crippen LogP) is 4.93. The van der Waals surface area contributed by atoms with Crippen LogP contribution in [0.25, 0.3) is 28.0 Å². The average molecular weight is 411 g/mol. The molecule has 0 radical (unpaired) electrons. The number of para-hydroxylation sites is 1. The molecule has 2 aromatic carbocycles. The van der Waals surface area contributed by atoms with Crippen LogP contribution < -0.4 is 11.1 Å². The molecular weight excluding hydrogens is 391 g/mol. The maximum Gasteiger partial charge on any atom is 0.225 e. The van der Waals surface area contributed by atoms with Crippen molar-refractivity contribution in [3.63, 3.8) is 0 Å². The third-order valence-corrected chi connectivity index (χ3v) is 4.76. The number of anilines is 2. The first-order valence-electron chi connectivity index (χ1n) is 9.25. The Morgan fingerprint density at radius 2 is 1.83 bits per heavy atom. The van der Waals surface area contributed by atoms with Crippen LogP contribution in [0, 0.1) is 11.7 Å². The molecule has 3 N–H and O–H groups in total. The van der Waals surface area contributed by atoms with Gasteiger partial charge < -0.3 is 11.1 Å². The van der Waals surface area contributed by atoms with Gasteiger partial charge in [0, 0.05) is 12.1 Å². The van der Waals surface area contributed by atoms with Gasteiger partial charge in [0.1, 0.15) is 11.6 Å². The molecule has 4 aromatic rings. The minimum atomic E-state index is -0.322. The van der Waals surface area contributed by atoms with Crippen LogP contribution in [0.3, 0.4) is 0 Å². The molecule has 4 rings (SSSR count). The van der Waals surface area contributed by atoms with Gasteiger partial charge in [-0.05, 0) is 42.3 Å². The minimum absolute atomic E-state index is 0.322. The lowest BCUT2D eigenvalue weighted by Gasteiger charge is -2.10. The lowest BCUT2D eigenvalue weighted by molar-refractivity contribution is 0.628. The number of aromatic nitrogens is 4. The van der Waals surface area contributed by atoms with Crippen molar-refractivity contribution in [2.24, 2.45) is 5.92 Å². The Kier molecular flexibility index (Phi) is 5.07. The highest BCUT2D eigenvalue weighted by Gasteiger charge is 2.20. The second kappa shape index (κ2) is 7.67. The zero-order chi connectivity index (χ0) is 20.5. The summed E-state index contributed by atoms with van der Waals surface area (Å²) in [6.07, 6.45) is 0. The van der Waals surface area contributed by atoms with Gasteiger partial charge in [-0.25, -0.2) is 14.1 Å². The van der Waals surface area contributed by atoms with Gasteiger partial charge in [-0.3, -0.25) is 0 Å². The first kappa shape index (κ1) is 19.1. The standard InChI is InChI=1S/C21H20ClFN6/c1-12(2)11-25-21-26-18(13-7-9-14(23)10-8-13)17-19(24)29(28-20(17)27-21)16-6-4-3-5-15(16)22/h3-10,12H,11,24H2,1-2H3,(H,25,27,28). The van der Waals surface area contributed by atoms with E-state index in [0.717, 1.165) is 5.56 Å². The van der Waals surface area contributed by atoms with Crippen LogP contribution in [0.1, 0.15) is 13.8 Å². The number of nitrogen functional groups attached to an aromatic ring is 1. The third kappa shape index (κ3) is 3.73. The summed E-state index contributed by atoms with van der Waals surface area (Å²) < 4.78 is 15.0. The van der Waals surface area contributed by atoms with Crippen molar-refractivity contribution < 1.29 is 4.39 Å². The first-order chi connectivity index (χ1) is 13.9. The monoisotopic (exact) mass is 410 g/mol. The number of hydrogen-bond acceptors (Lipinski definition) is 5. The summed E-state index contributed by atoms with van der Waals surface area (Å²) in [6.45, 7) is 4.89. The molecule has 29 heavy (non-hydrogen) atoms. The number of halogens is 2. The quantitative estimate of drug-likeness (QED) is 0.487. The van der Waals surface area contributed by atoms with E-state index in [1.54, 1.807) is 22.9 Å². The second-order valence-corrected chi connectivity index (χ2v) is 7.53. The van der Waals surface area contributed by atoms with E-state index >= 15 is 0 Å². The molecule has 0 bridgehead atoms. The van der Waals surface area contributed by atoms with E-state index in [0.29, 0.717) is 51.7 Å². The van der Waals surface area contributed by atoms with E-state index in [1.165, 1.54) is 12.1 Å². The zero-order valence-corrected chi connectivity index (χ0v) is 16.8. The molecule has 148 valence electrons. The molecule has 0 unspecified atom stereocenters. The van der Waals surface area contributed by atoms with Crippen LogP contribution in [0.15, 0.2) is 48.5 Å². The van der Waals surface area contributed by atoms with Gasteiger partial charge >= 0.3 is 0 Å². The van der Waals surface area contributed by atoms with Crippen molar-refractivity contribution in [3.8, 4) is 16.9 Å². The Hall–Kier alpha value is -3.19. The summed E-state index contributed by atoms with van der Waals surface area (Å²) in [7, 11) is 0. The summed E-state index contributed by atoms with van der Waals surface area (Å²) in [6, 6.07) is 13.4. The van der Waals surface area contributed by atoms with E-state index < -0.39 is 0 Å². The molecule has 0 saturated heterocycles. The molecule has 2 aromatic heterocycles. The Morgan fingerprint density at radius 1 is 1.10 bits per heavy atom. The van der Waals surface area contributed by atoms with Gasteiger partial charge in [-0.2, -0.15) is 4.98 Å². The minimum Gasteiger partial charge on any atom is -0.383 e. The molecular formula is C21H20ClFN6. The van der Waals surface area contributed by atoms with Crippen LogP contribution in [0.2, 0.25) is 5.02 Å². The summed E-state index contributed by atoms with van der Waals surface area (Å²) in [5, 5.41) is 8.91. The summed E-state index contributed by atoms with van der Waals surface area (Å²) in [5.41, 5.74) is 8.83. The summed E-state index contributed by atoms with van der Waals surface area (Å²) >= 11 is 6.34. The smallest absolute Gasteiger partial charge is 0.225 e. The van der Waals surface area contributed by atoms with Gasteiger partial charge in [0.05, 0.1) is 21.8 Å². The molecule has 0 saturated carbocycles. The van der Waals surface area contributed by atoms with Crippen molar-refractivity contribution in [1.82, 2.24) is 19.7 Å². The molecule has 0 amide bonds. The fraction of sp³-hybridized carbons (Fsp3) is 0.190. The maximum atomic E-state index is 13.5. The topological polar surface area (TPSA) is 81.6 Å². The van der Waals surface area contributed by atoms with Crippen LogP contribution in [-0.4, -0.2) is 26.3 Å².